The first-order valence-corrected chi connectivity index (χ1v) is 9.52. The number of rotatable bonds is 4. The van der Waals surface area contributed by atoms with Crippen LogP contribution in [0.2, 0.25) is 0 Å². The number of benzene rings is 1. The van der Waals surface area contributed by atoms with Crippen molar-refractivity contribution in [2.24, 2.45) is 12.5 Å². The van der Waals surface area contributed by atoms with E-state index >= 15 is 0 Å². The van der Waals surface area contributed by atoms with Crippen LogP contribution in [0, 0.1) is 11.8 Å². The van der Waals surface area contributed by atoms with Gasteiger partial charge in [0.2, 0.25) is 0 Å². The summed E-state index contributed by atoms with van der Waals surface area (Å²) in [5.74, 6) is -6.88. The minimum Gasteiger partial charge on any atom is -0.250 e. The van der Waals surface area contributed by atoms with E-state index in [1.54, 1.807) is 18.2 Å². The second-order valence-electron chi connectivity index (χ2n) is 8.55. The summed E-state index contributed by atoms with van der Waals surface area (Å²) in [5, 5.41) is 6.67. The summed E-state index contributed by atoms with van der Waals surface area (Å²) in [6.07, 6.45) is -7.56. The van der Waals surface area contributed by atoms with Crippen LogP contribution in [-0.4, -0.2) is 25.7 Å². The van der Waals surface area contributed by atoms with Gasteiger partial charge in [0.25, 0.3) is 0 Å². The van der Waals surface area contributed by atoms with Crippen molar-refractivity contribution in [2.75, 3.05) is 0 Å². The van der Waals surface area contributed by atoms with Crippen LogP contribution in [0.15, 0.2) is 36.7 Å². The summed E-state index contributed by atoms with van der Waals surface area (Å²) in [6.45, 7) is 5.94. The summed E-state index contributed by atoms with van der Waals surface area (Å²) in [5.41, 5.74) is -3.07. The van der Waals surface area contributed by atoms with Gasteiger partial charge in [0.05, 0.1) is 6.20 Å². The third-order valence-corrected chi connectivity index (χ3v) is 4.57. The molecule has 0 fully saturated rings. The SMILES string of the molecule is Cn1nc(C(F)(F)C(F)(F)F)c(C(F)(F)F)c1-n1cc(-c2cccc([CH]C(C)(C)C)c2)cn1. The van der Waals surface area contributed by atoms with Crippen LogP contribution in [0.5, 0.6) is 0 Å². The normalized spacial score (nSPS) is 13.6. The van der Waals surface area contributed by atoms with Gasteiger partial charge in [0, 0.05) is 18.8 Å². The number of alkyl halides is 8. The fraction of sp³-hybridized carbons (Fsp3) is 0.381. The van der Waals surface area contributed by atoms with Crippen molar-refractivity contribution in [3.63, 3.8) is 0 Å². The van der Waals surface area contributed by atoms with Gasteiger partial charge < -0.3 is 0 Å². The molecule has 0 N–H and O–H groups in total. The molecule has 1 aromatic carbocycles. The van der Waals surface area contributed by atoms with Gasteiger partial charge in [0.1, 0.15) is 5.56 Å². The molecule has 2 heterocycles. The van der Waals surface area contributed by atoms with Crippen LogP contribution >= 0.6 is 0 Å². The molecule has 33 heavy (non-hydrogen) atoms. The molecule has 1 radical (unpaired) electrons. The average molecular weight is 479 g/mol. The first-order chi connectivity index (χ1) is 14.9. The quantitative estimate of drug-likeness (QED) is 0.398. The summed E-state index contributed by atoms with van der Waals surface area (Å²) in [7, 11) is 0.834. The van der Waals surface area contributed by atoms with Crippen molar-refractivity contribution in [1.29, 1.82) is 0 Å². The summed E-state index contributed by atoms with van der Waals surface area (Å²) >= 11 is 0. The van der Waals surface area contributed by atoms with E-state index in [2.05, 4.69) is 10.2 Å². The van der Waals surface area contributed by atoms with Crippen LogP contribution in [0.4, 0.5) is 35.1 Å². The first kappa shape index (κ1) is 24.7. The van der Waals surface area contributed by atoms with Crippen molar-refractivity contribution in [2.45, 2.75) is 39.0 Å². The zero-order chi connectivity index (χ0) is 25.0. The molecule has 2 aromatic heterocycles. The Bertz CT molecular complexity index is 1150. The minimum atomic E-state index is -6.27. The Morgan fingerprint density at radius 1 is 0.909 bits per heavy atom. The van der Waals surface area contributed by atoms with Crippen LogP contribution < -0.4 is 0 Å². The molecule has 3 rings (SSSR count). The Kier molecular flexibility index (Phi) is 5.87. The van der Waals surface area contributed by atoms with Gasteiger partial charge in [-0.05, 0) is 23.0 Å². The Balaban J connectivity index is 2.13. The lowest BCUT2D eigenvalue weighted by atomic mass is 9.87. The number of nitrogens with zero attached hydrogens (tertiary/aromatic N) is 4. The van der Waals surface area contributed by atoms with Gasteiger partial charge in [0.15, 0.2) is 11.5 Å². The monoisotopic (exact) mass is 479 g/mol. The number of hydrogen-bond donors (Lipinski definition) is 0. The van der Waals surface area contributed by atoms with E-state index in [9.17, 15) is 35.1 Å². The lowest BCUT2D eigenvalue weighted by molar-refractivity contribution is -0.292. The molecule has 3 aromatic rings. The van der Waals surface area contributed by atoms with Gasteiger partial charge in [-0.1, -0.05) is 45.0 Å². The lowest BCUT2D eigenvalue weighted by Gasteiger charge is -2.19. The van der Waals surface area contributed by atoms with E-state index in [1.807, 2.05) is 33.3 Å². The maximum Gasteiger partial charge on any atom is 0.459 e. The fourth-order valence-corrected chi connectivity index (χ4v) is 3.29. The van der Waals surface area contributed by atoms with E-state index < -0.39 is 35.4 Å². The molecule has 4 nitrogen and oxygen atoms in total. The summed E-state index contributed by atoms with van der Waals surface area (Å²) in [6, 6.07) is 6.97. The molecule has 179 valence electrons. The molecule has 0 aliphatic carbocycles. The van der Waals surface area contributed by atoms with E-state index in [0.717, 1.165) is 18.8 Å². The van der Waals surface area contributed by atoms with Crippen molar-refractivity contribution in [3.05, 3.63) is 59.9 Å². The molecule has 0 amide bonds. The molecule has 0 aliphatic rings. The Hall–Kier alpha value is -2.92. The van der Waals surface area contributed by atoms with Gasteiger partial charge in [-0.3, -0.25) is 0 Å². The average Bonchev–Trinajstić information content (AvgIpc) is 3.23. The van der Waals surface area contributed by atoms with Crippen LogP contribution in [-0.2, 0) is 19.1 Å². The van der Waals surface area contributed by atoms with Crippen molar-refractivity contribution >= 4 is 0 Å². The van der Waals surface area contributed by atoms with Crippen LogP contribution in [0.3, 0.4) is 0 Å². The molecular formula is C21H19F8N4. The highest BCUT2D eigenvalue weighted by molar-refractivity contribution is 5.64. The number of hydrogen-bond acceptors (Lipinski definition) is 2. The molecule has 12 heteroatoms. The molecule has 0 saturated heterocycles. The second-order valence-corrected chi connectivity index (χ2v) is 8.55. The standard InChI is InChI=1S/C21H19F8N4/c1-18(2,3)9-12-6-5-7-13(8-12)14-10-30-33(11-14)17-15(20(24,25)26)16(31-32(17)4)19(22,23)21(27,28)29/h5-11H,1-4H3. The molecule has 0 saturated carbocycles. The zero-order valence-corrected chi connectivity index (χ0v) is 17.9. The van der Waals surface area contributed by atoms with E-state index in [4.69, 9.17) is 0 Å². The van der Waals surface area contributed by atoms with Crippen molar-refractivity contribution in [1.82, 2.24) is 19.6 Å². The maximum atomic E-state index is 13.9. The van der Waals surface area contributed by atoms with Gasteiger partial charge in [-0.25, -0.2) is 9.36 Å². The fourth-order valence-electron chi connectivity index (χ4n) is 3.29. The lowest BCUT2D eigenvalue weighted by Crippen LogP contribution is -2.36. The Labute approximate surface area is 183 Å². The van der Waals surface area contributed by atoms with Gasteiger partial charge in [-0.2, -0.15) is 45.3 Å². The maximum absolute atomic E-state index is 13.9. The first-order valence-electron chi connectivity index (χ1n) is 9.52. The topological polar surface area (TPSA) is 35.6 Å². The number of aromatic nitrogens is 4. The molecule has 0 atom stereocenters. The summed E-state index contributed by atoms with van der Waals surface area (Å²) in [4.78, 5) is 0. The molecule has 0 spiro atoms. The highest BCUT2D eigenvalue weighted by Gasteiger charge is 2.64. The highest BCUT2D eigenvalue weighted by Crippen LogP contribution is 2.49. The van der Waals surface area contributed by atoms with Crippen molar-refractivity contribution in [3.8, 4) is 16.9 Å². The van der Waals surface area contributed by atoms with Gasteiger partial charge in [-0.15, -0.1) is 0 Å². The molecule has 0 bridgehead atoms. The van der Waals surface area contributed by atoms with Crippen molar-refractivity contribution < 1.29 is 35.1 Å². The number of halogens is 8. The molecule has 0 unspecified atom stereocenters. The molecular weight excluding hydrogens is 460 g/mol. The minimum absolute atomic E-state index is 0.154. The van der Waals surface area contributed by atoms with Crippen LogP contribution in [0.1, 0.15) is 37.6 Å². The predicted octanol–water partition coefficient (Wildman–Crippen LogP) is 6.54. The van der Waals surface area contributed by atoms with E-state index in [0.29, 0.717) is 20.5 Å². The third kappa shape index (κ3) is 4.88. The molecule has 0 aliphatic heterocycles. The number of aryl methyl sites for hydroxylation is 1. The predicted molar refractivity (Wildman–Crippen MR) is 104 cm³/mol. The van der Waals surface area contributed by atoms with E-state index in [-0.39, 0.29) is 5.41 Å². The Morgan fingerprint density at radius 2 is 1.55 bits per heavy atom. The third-order valence-electron chi connectivity index (χ3n) is 4.57. The second kappa shape index (κ2) is 7.84. The van der Waals surface area contributed by atoms with Crippen LogP contribution in [0.25, 0.3) is 16.9 Å². The smallest absolute Gasteiger partial charge is 0.250 e. The van der Waals surface area contributed by atoms with E-state index in [1.165, 1.54) is 6.20 Å². The summed E-state index contributed by atoms with van der Waals surface area (Å²) < 4.78 is 108. The zero-order valence-electron chi connectivity index (χ0n) is 17.9. The Morgan fingerprint density at radius 3 is 2.09 bits per heavy atom. The largest absolute Gasteiger partial charge is 0.459 e. The highest BCUT2D eigenvalue weighted by atomic mass is 19.4. The van der Waals surface area contributed by atoms with Gasteiger partial charge >= 0.3 is 18.3 Å².